The van der Waals surface area contributed by atoms with Crippen LogP contribution in [0.4, 0.5) is 5.69 Å². The summed E-state index contributed by atoms with van der Waals surface area (Å²) < 4.78 is 4.65. The van der Waals surface area contributed by atoms with Crippen LogP contribution in [0.15, 0.2) is 18.3 Å². The minimum absolute atomic E-state index is 0.171. The smallest absolute Gasteiger partial charge is 0.313 e. The fourth-order valence-corrected chi connectivity index (χ4v) is 1.28. The van der Waals surface area contributed by atoms with Gasteiger partial charge in [-0.3, -0.25) is 9.59 Å². The molecule has 0 fully saturated rings. The molecule has 1 aromatic rings. The summed E-state index contributed by atoms with van der Waals surface area (Å²) in [6.07, 6.45) is 1.40. The number of hydrogen-bond donors (Lipinski definition) is 2. The van der Waals surface area contributed by atoms with E-state index in [-0.39, 0.29) is 24.1 Å². The number of nitrogens with two attached hydrogens (primary N) is 1. The first-order valence-corrected chi connectivity index (χ1v) is 5.45. The average Bonchev–Trinajstić information content (AvgIpc) is 2.35. The quantitative estimate of drug-likeness (QED) is 0.764. The highest BCUT2D eigenvalue weighted by Crippen LogP contribution is 2.15. The Morgan fingerprint density at radius 1 is 1.44 bits per heavy atom. The number of nitrogen functional groups attached to an aromatic ring is 1. The number of carbonyl (C=O) groups is 2. The molecule has 0 aliphatic heterocycles. The van der Waals surface area contributed by atoms with E-state index in [9.17, 15) is 9.59 Å². The second kappa shape index (κ2) is 5.48. The fraction of sp³-hybridized carbons (Fsp3) is 0.417. The highest BCUT2D eigenvalue weighted by atomic mass is 16.5. The summed E-state index contributed by atoms with van der Waals surface area (Å²) in [6, 6.07) is 3.11. The minimum atomic E-state index is -0.780. The molecule has 0 aliphatic rings. The van der Waals surface area contributed by atoms with Crippen molar-refractivity contribution in [1.82, 2.24) is 10.3 Å². The number of carbonyl (C=O) groups excluding carboxylic acids is 2. The van der Waals surface area contributed by atoms with Crippen molar-refractivity contribution in [1.29, 1.82) is 0 Å². The zero-order valence-corrected chi connectivity index (χ0v) is 10.7. The number of esters is 1. The van der Waals surface area contributed by atoms with Gasteiger partial charge in [0.05, 0.1) is 24.4 Å². The van der Waals surface area contributed by atoms with Gasteiger partial charge in [-0.15, -0.1) is 0 Å². The molecule has 6 nitrogen and oxygen atoms in total. The van der Waals surface area contributed by atoms with E-state index < -0.39 is 5.41 Å². The monoisotopic (exact) mass is 251 g/mol. The highest BCUT2D eigenvalue weighted by molar-refractivity contribution is 5.92. The molecule has 18 heavy (non-hydrogen) atoms. The Morgan fingerprint density at radius 2 is 2.11 bits per heavy atom. The van der Waals surface area contributed by atoms with Gasteiger partial charge in [0.15, 0.2) is 0 Å². The van der Waals surface area contributed by atoms with Gasteiger partial charge >= 0.3 is 5.97 Å². The number of aromatic nitrogens is 1. The second-order valence-electron chi connectivity index (χ2n) is 4.53. The lowest BCUT2D eigenvalue weighted by Gasteiger charge is -2.21. The van der Waals surface area contributed by atoms with Gasteiger partial charge in [0, 0.05) is 6.54 Å². The number of amides is 1. The molecule has 0 bridgehead atoms. The Balaban J connectivity index is 2.61. The van der Waals surface area contributed by atoms with Crippen LogP contribution in [0.25, 0.3) is 0 Å². The molecule has 0 saturated carbocycles. The van der Waals surface area contributed by atoms with Gasteiger partial charge in [-0.25, -0.2) is 4.98 Å². The van der Waals surface area contributed by atoms with Crippen molar-refractivity contribution in [3.8, 4) is 0 Å². The van der Waals surface area contributed by atoms with E-state index in [0.717, 1.165) is 0 Å². The van der Waals surface area contributed by atoms with Crippen LogP contribution >= 0.6 is 0 Å². The molecular formula is C12H17N3O3. The van der Waals surface area contributed by atoms with Crippen LogP contribution in [0.1, 0.15) is 24.3 Å². The fourth-order valence-electron chi connectivity index (χ4n) is 1.28. The van der Waals surface area contributed by atoms with E-state index in [1.54, 1.807) is 19.9 Å². The molecule has 0 atom stereocenters. The van der Waals surface area contributed by atoms with E-state index in [4.69, 9.17) is 5.73 Å². The summed E-state index contributed by atoms with van der Waals surface area (Å²) in [4.78, 5) is 27.1. The lowest BCUT2D eigenvalue weighted by Crippen LogP contribution is -2.39. The van der Waals surface area contributed by atoms with E-state index in [2.05, 4.69) is 15.0 Å². The maximum Gasteiger partial charge on any atom is 0.313 e. The Kier molecular flexibility index (Phi) is 4.25. The van der Waals surface area contributed by atoms with Gasteiger partial charge in [-0.05, 0) is 26.0 Å². The number of anilines is 1. The van der Waals surface area contributed by atoms with Crippen LogP contribution in [0.3, 0.4) is 0 Å². The minimum Gasteiger partial charge on any atom is -0.469 e. The third-order valence-corrected chi connectivity index (χ3v) is 2.45. The molecule has 0 radical (unpaired) electrons. The van der Waals surface area contributed by atoms with Gasteiger partial charge in [0.2, 0.25) is 0 Å². The Morgan fingerprint density at radius 3 is 2.61 bits per heavy atom. The second-order valence-corrected chi connectivity index (χ2v) is 4.53. The third-order valence-electron chi connectivity index (χ3n) is 2.45. The summed E-state index contributed by atoms with van der Waals surface area (Å²) in [5.41, 5.74) is 5.43. The summed E-state index contributed by atoms with van der Waals surface area (Å²) in [5, 5.41) is 2.63. The van der Waals surface area contributed by atoms with E-state index >= 15 is 0 Å². The van der Waals surface area contributed by atoms with Crippen LogP contribution in [0.2, 0.25) is 0 Å². The lowest BCUT2D eigenvalue weighted by molar-refractivity contribution is -0.150. The average molecular weight is 251 g/mol. The number of rotatable bonds is 4. The molecule has 1 rings (SSSR count). The number of methoxy groups -OCH3 is 1. The van der Waals surface area contributed by atoms with Crippen molar-refractivity contribution in [3.63, 3.8) is 0 Å². The van der Waals surface area contributed by atoms with Crippen LogP contribution in [0, 0.1) is 5.41 Å². The molecule has 0 unspecified atom stereocenters. The highest BCUT2D eigenvalue weighted by Gasteiger charge is 2.29. The molecule has 0 spiro atoms. The van der Waals surface area contributed by atoms with E-state index in [1.165, 1.54) is 19.4 Å². The third kappa shape index (κ3) is 3.44. The van der Waals surface area contributed by atoms with Gasteiger partial charge < -0.3 is 15.8 Å². The zero-order chi connectivity index (χ0) is 13.8. The number of nitrogens with one attached hydrogen (secondary N) is 1. The molecular weight excluding hydrogens is 234 g/mol. The van der Waals surface area contributed by atoms with E-state index in [1.807, 2.05) is 0 Å². The zero-order valence-electron chi connectivity index (χ0n) is 10.7. The Bertz CT molecular complexity index is 440. The molecule has 1 amide bonds. The van der Waals surface area contributed by atoms with Crippen LogP contribution in [0.5, 0.6) is 0 Å². The molecule has 98 valence electrons. The van der Waals surface area contributed by atoms with Gasteiger partial charge in [-0.1, -0.05) is 0 Å². The van der Waals surface area contributed by atoms with Crippen LogP contribution < -0.4 is 11.1 Å². The SMILES string of the molecule is COC(=O)C(C)(C)CNC(=O)c1ccc(N)cn1. The van der Waals surface area contributed by atoms with Crippen molar-refractivity contribution in [2.45, 2.75) is 13.8 Å². The maximum atomic E-state index is 11.7. The first-order valence-electron chi connectivity index (χ1n) is 5.45. The molecule has 3 N–H and O–H groups in total. The van der Waals surface area contributed by atoms with Gasteiger partial charge in [0.25, 0.3) is 5.91 Å². The van der Waals surface area contributed by atoms with Crippen molar-refractivity contribution in [3.05, 3.63) is 24.0 Å². The standard InChI is InChI=1S/C12H17N3O3/c1-12(2,11(17)18-3)7-15-10(16)9-5-4-8(13)6-14-9/h4-6H,7,13H2,1-3H3,(H,15,16). The van der Waals surface area contributed by atoms with Crippen molar-refractivity contribution >= 4 is 17.6 Å². The van der Waals surface area contributed by atoms with Crippen molar-refractivity contribution in [2.24, 2.45) is 5.41 Å². The summed E-state index contributed by atoms with van der Waals surface area (Å²) >= 11 is 0. The van der Waals surface area contributed by atoms with Crippen LogP contribution in [-0.4, -0.2) is 30.5 Å². The number of ether oxygens (including phenoxy) is 1. The predicted molar refractivity (Wildman–Crippen MR) is 66.8 cm³/mol. The molecule has 1 aromatic heterocycles. The summed E-state index contributed by atoms with van der Waals surface area (Å²) in [6.45, 7) is 3.55. The van der Waals surface area contributed by atoms with Crippen molar-refractivity contribution < 1.29 is 14.3 Å². The normalized spacial score (nSPS) is 10.8. The first-order chi connectivity index (χ1) is 8.36. The largest absolute Gasteiger partial charge is 0.469 e. The maximum absolute atomic E-state index is 11.7. The van der Waals surface area contributed by atoms with Crippen LogP contribution in [-0.2, 0) is 9.53 Å². The van der Waals surface area contributed by atoms with E-state index in [0.29, 0.717) is 5.69 Å². The Labute approximate surface area is 106 Å². The van der Waals surface area contributed by atoms with Gasteiger partial charge in [0.1, 0.15) is 5.69 Å². The lowest BCUT2D eigenvalue weighted by atomic mass is 9.94. The first kappa shape index (κ1) is 14.0. The Hall–Kier alpha value is -2.11. The molecule has 1 heterocycles. The topological polar surface area (TPSA) is 94.3 Å². The molecule has 0 aliphatic carbocycles. The molecule has 0 aromatic carbocycles. The number of pyridine rings is 1. The number of hydrogen-bond acceptors (Lipinski definition) is 5. The molecule has 6 heteroatoms. The molecule has 0 saturated heterocycles. The summed E-state index contributed by atoms with van der Waals surface area (Å²) in [7, 11) is 1.31. The summed E-state index contributed by atoms with van der Waals surface area (Å²) in [5.74, 6) is -0.736. The van der Waals surface area contributed by atoms with Crippen molar-refractivity contribution in [2.75, 3.05) is 19.4 Å². The number of nitrogens with zero attached hydrogens (tertiary/aromatic N) is 1. The van der Waals surface area contributed by atoms with Gasteiger partial charge in [-0.2, -0.15) is 0 Å². The predicted octanol–water partition coefficient (Wildman–Crippen LogP) is 0.593.